The number of nitrogens with zero attached hydrogens (tertiary/aromatic N) is 1. The van der Waals surface area contributed by atoms with Crippen molar-refractivity contribution in [1.82, 2.24) is 10.3 Å². The number of rotatable bonds is 6. The van der Waals surface area contributed by atoms with Crippen LogP contribution in [0.2, 0.25) is 0 Å². The number of amides is 1. The summed E-state index contributed by atoms with van der Waals surface area (Å²) in [7, 11) is 3.23. The Morgan fingerprint density at radius 3 is 2.35 bits per heavy atom. The third kappa shape index (κ3) is 4.00. The number of methoxy groups -OCH3 is 2. The van der Waals surface area contributed by atoms with Crippen molar-refractivity contribution in [2.24, 2.45) is 0 Å². The highest BCUT2D eigenvalue weighted by molar-refractivity contribution is 6.01. The second-order valence-electron chi connectivity index (χ2n) is 5.64. The van der Waals surface area contributed by atoms with Crippen LogP contribution in [-0.4, -0.2) is 25.1 Å². The normalized spacial score (nSPS) is 10.2. The number of nitrogens with one attached hydrogen (secondary N) is 1. The van der Waals surface area contributed by atoms with Crippen LogP contribution in [0.25, 0.3) is 11.1 Å². The smallest absolute Gasteiger partial charge is 0.252 e. The maximum atomic E-state index is 12.7. The largest absolute Gasteiger partial charge is 0.497 e. The fraction of sp³-hybridized carbons (Fsp3) is 0.143. The summed E-state index contributed by atoms with van der Waals surface area (Å²) in [6.07, 6.45) is 1.71. The molecule has 0 fully saturated rings. The van der Waals surface area contributed by atoms with Gasteiger partial charge >= 0.3 is 0 Å². The van der Waals surface area contributed by atoms with E-state index in [0.29, 0.717) is 17.9 Å². The molecule has 26 heavy (non-hydrogen) atoms. The van der Waals surface area contributed by atoms with Crippen molar-refractivity contribution in [3.05, 3.63) is 78.1 Å². The lowest BCUT2D eigenvalue weighted by Gasteiger charge is -2.12. The molecule has 0 saturated heterocycles. The van der Waals surface area contributed by atoms with Crippen LogP contribution in [0.4, 0.5) is 0 Å². The molecule has 0 radical (unpaired) electrons. The van der Waals surface area contributed by atoms with Crippen LogP contribution < -0.4 is 14.8 Å². The average Bonchev–Trinajstić information content (AvgIpc) is 2.72. The lowest BCUT2D eigenvalue weighted by Crippen LogP contribution is -2.23. The van der Waals surface area contributed by atoms with E-state index in [1.165, 1.54) is 0 Å². The van der Waals surface area contributed by atoms with Gasteiger partial charge < -0.3 is 14.8 Å². The van der Waals surface area contributed by atoms with Crippen molar-refractivity contribution >= 4 is 5.91 Å². The van der Waals surface area contributed by atoms with Gasteiger partial charge in [0.1, 0.15) is 11.5 Å². The van der Waals surface area contributed by atoms with E-state index >= 15 is 0 Å². The van der Waals surface area contributed by atoms with Gasteiger partial charge in [-0.25, -0.2) is 0 Å². The molecule has 1 N–H and O–H groups in total. The summed E-state index contributed by atoms with van der Waals surface area (Å²) in [5, 5.41) is 2.92. The second-order valence-corrected chi connectivity index (χ2v) is 5.64. The summed E-state index contributed by atoms with van der Waals surface area (Å²) >= 11 is 0. The molecule has 5 nitrogen and oxygen atoms in total. The zero-order valence-electron chi connectivity index (χ0n) is 14.7. The summed E-state index contributed by atoms with van der Waals surface area (Å²) in [6, 6.07) is 18.6. The van der Waals surface area contributed by atoms with Gasteiger partial charge in [0.2, 0.25) is 0 Å². The Balaban J connectivity index is 1.88. The highest BCUT2D eigenvalue weighted by Gasteiger charge is 2.14. The van der Waals surface area contributed by atoms with Crippen molar-refractivity contribution in [2.45, 2.75) is 6.54 Å². The minimum atomic E-state index is -0.163. The van der Waals surface area contributed by atoms with Crippen LogP contribution in [0, 0.1) is 0 Å². The minimum Gasteiger partial charge on any atom is -0.497 e. The van der Waals surface area contributed by atoms with Gasteiger partial charge in [0.15, 0.2) is 0 Å². The predicted octanol–water partition coefficient (Wildman–Crippen LogP) is 3.70. The molecule has 0 bridgehead atoms. The molecule has 0 aliphatic heterocycles. The molecule has 0 saturated carbocycles. The lowest BCUT2D eigenvalue weighted by molar-refractivity contribution is 0.0951. The monoisotopic (exact) mass is 348 g/mol. The molecule has 0 aliphatic rings. The number of hydrogen-bond acceptors (Lipinski definition) is 4. The Kier molecular flexibility index (Phi) is 5.49. The zero-order chi connectivity index (χ0) is 18.4. The number of benzene rings is 2. The van der Waals surface area contributed by atoms with Gasteiger partial charge in [-0.15, -0.1) is 0 Å². The molecular formula is C21H20N2O3. The number of hydrogen-bond donors (Lipinski definition) is 1. The Labute approximate surface area is 152 Å². The van der Waals surface area contributed by atoms with E-state index in [4.69, 9.17) is 9.47 Å². The third-order valence-electron chi connectivity index (χ3n) is 4.03. The van der Waals surface area contributed by atoms with Crippen molar-refractivity contribution in [1.29, 1.82) is 0 Å². The van der Waals surface area contributed by atoms with Crippen LogP contribution in [0.15, 0.2) is 66.9 Å². The SMILES string of the molecule is COc1ccc(-c2cc(OC)ccc2C(=O)NCc2ccccn2)cc1. The first-order valence-corrected chi connectivity index (χ1v) is 8.22. The van der Waals surface area contributed by atoms with Crippen molar-refractivity contribution in [3.8, 4) is 22.6 Å². The van der Waals surface area contributed by atoms with Gasteiger partial charge in [-0.2, -0.15) is 0 Å². The highest BCUT2D eigenvalue weighted by atomic mass is 16.5. The number of aromatic nitrogens is 1. The van der Waals surface area contributed by atoms with E-state index in [9.17, 15) is 4.79 Å². The Hall–Kier alpha value is -3.34. The Morgan fingerprint density at radius 2 is 1.69 bits per heavy atom. The van der Waals surface area contributed by atoms with Gasteiger partial charge in [0, 0.05) is 11.8 Å². The van der Waals surface area contributed by atoms with Crippen LogP contribution in [-0.2, 0) is 6.54 Å². The Morgan fingerprint density at radius 1 is 0.962 bits per heavy atom. The van der Waals surface area contributed by atoms with Crippen LogP contribution in [0.5, 0.6) is 11.5 Å². The van der Waals surface area contributed by atoms with E-state index in [2.05, 4.69) is 10.3 Å². The zero-order valence-corrected chi connectivity index (χ0v) is 14.7. The van der Waals surface area contributed by atoms with E-state index in [1.807, 2.05) is 48.5 Å². The van der Waals surface area contributed by atoms with Gasteiger partial charge in [0.25, 0.3) is 5.91 Å². The van der Waals surface area contributed by atoms with Gasteiger partial charge in [0.05, 0.1) is 26.5 Å². The van der Waals surface area contributed by atoms with Gasteiger partial charge in [-0.1, -0.05) is 18.2 Å². The van der Waals surface area contributed by atoms with E-state index in [1.54, 1.807) is 32.5 Å². The number of pyridine rings is 1. The molecule has 0 unspecified atom stereocenters. The minimum absolute atomic E-state index is 0.163. The quantitative estimate of drug-likeness (QED) is 0.738. The third-order valence-corrected chi connectivity index (χ3v) is 4.03. The fourth-order valence-corrected chi connectivity index (χ4v) is 2.63. The number of carbonyl (C=O) groups is 1. The molecule has 2 aromatic carbocycles. The van der Waals surface area contributed by atoms with Crippen LogP contribution in [0.1, 0.15) is 16.1 Å². The first kappa shape index (κ1) is 17.5. The summed E-state index contributed by atoms with van der Waals surface area (Å²) in [4.78, 5) is 17.0. The highest BCUT2D eigenvalue weighted by Crippen LogP contribution is 2.29. The standard InChI is InChI=1S/C21H20N2O3/c1-25-17-8-6-15(7-9-17)20-13-18(26-2)10-11-19(20)21(24)23-14-16-5-3-4-12-22-16/h3-13H,14H2,1-2H3,(H,23,24). The average molecular weight is 348 g/mol. The molecule has 0 aliphatic carbocycles. The van der Waals surface area contributed by atoms with Gasteiger partial charge in [-0.05, 0) is 53.6 Å². The van der Waals surface area contributed by atoms with Crippen molar-refractivity contribution < 1.29 is 14.3 Å². The maximum Gasteiger partial charge on any atom is 0.252 e. The molecule has 1 heterocycles. The molecule has 132 valence electrons. The molecular weight excluding hydrogens is 328 g/mol. The topological polar surface area (TPSA) is 60.5 Å². The second kappa shape index (κ2) is 8.16. The molecule has 1 amide bonds. The molecule has 0 atom stereocenters. The molecule has 3 rings (SSSR count). The molecule has 5 heteroatoms. The molecule has 1 aromatic heterocycles. The van der Waals surface area contributed by atoms with Crippen LogP contribution in [0.3, 0.4) is 0 Å². The van der Waals surface area contributed by atoms with Gasteiger partial charge in [-0.3, -0.25) is 9.78 Å². The summed E-state index contributed by atoms with van der Waals surface area (Å²) in [6.45, 7) is 0.369. The van der Waals surface area contributed by atoms with Crippen molar-refractivity contribution in [2.75, 3.05) is 14.2 Å². The number of carbonyl (C=O) groups excluding carboxylic acids is 1. The first-order valence-electron chi connectivity index (χ1n) is 8.22. The molecule has 0 spiro atoms. The maximum absolute atomic E-state index is 12.7. The lowest BCUT2D eigenvalue weighted by atomic mass is 9.98. The van der Waals surface area contributed by atoms with E-state index in [0.717, 1.165) is 22.6 Å². The van der Waals surface area contributed by atoms with E-state index < -0.39 is 0 Å². The van der Waals surface area contributed by atoms with E-state index in [-0.39, 0.29) is 5.91 Å². The first-order chi connectivity index (χ1) is 12.7. The summed E-state index contributed by atoms with van der Waals surface area (Å²) in [5.74, 6) is 1.29. The molecule has 3 aromatic rings. The van der Waals surface area contributed by atoms with Crippen molar-refractivity contribution in [3.63, 3.8) is 0 Å². The predicted molar refractivity (Wildman–Crippen MR) is 100 cm³/mol. The summed E-state index contributed by atoms with van der Waals surface area (Å²) < 4.78 is 10.5. The fourth-order valence-electron chi connectivity index (χ4n) is 2.63. The number of ether oxygens (including phenoxy) is 2. The van der Waals surface area contributed by atoms with Crippen LogP contribution >= 0.6 is 0 Å². The summed E-state index contributed by atoms with van der Waals surface area (Å²) in [5.41, 5.74) is 3.09. The Bertz CT molecular complexity index is 878.